The zero-order valence-electron chi connectivity index (χ0n) is 7.24. The van der Waals surface area contributed by atoms with Crippen molar-refractivity contribution in [3.05, 3.63) is 28.6 Å². The third kappa shape index (κ3) is 1.83. The lowest BCUT2D eigenvalue weighted by molar-refractivity contribution is 0.109. The van der Waals surface area contributed by atoms with E-state index in [0.29, 0.717) is 15.5 Å². The van der Waals surface area contributed by atoms with Crippen LogP contribution < -0.4 is 0 Å². The summed E-state index contributed by atoms with van der Waals surface area (Å²) in [5.41, 5.74) is 0.396. The summed E-state index contributed by atoms with van der Waals surface area (Å²) in [6.45, 7) is 0. The standard InChI is InChI=1S/C9H4BrIN2O2/c10-8-4-2-1-3-12-5(4)7(14)6(13-8)9(11)15/h1-3,14H. The van der Waals surface area contributed by atoms with Crippen LogP contribution in [0.25, 0.3) is 10.9 Å². The average Bonchev–Trinajstić information content (AvgIpc) is 2.23. The number of pyridine rings is 2. The summed E-state index contributed by atoms with van der Waals surface area (Å²) in [5, 5.41) is 10.5. The fourth-order valence-electron chi connectivity index (χ4n) is 1.22. The Bertz CT molecular complexity index is 559. The second-order valence-corrected chi connectivity index (χ2v) is 4.50. The molecule has 1 N–H and O–H groups in total. The van der Waals surface area contributed by atoms with Crippen molar-refractivity contribution in [3.8, 4) is 5.75 Å². The van der Waals surface area contributed by atoms with Crippen LogP contribution in [0, 0.1) is 0 Å². The van der Waals surface area contributed by atoms with Gasteiger partial charge in [-0.15, -0.1) is 0 Å². The Morgan fingerprint density at radius 1 is 1.53 bits per heavy atom. The summed E-state index contributed by atoms with van der Waals surface area (Å²) < 4.78 is 0.182. The first kappa shape index (κ1) is 10.7. The number of aromatic hydroxyl groups is 1. The van der Waals surface area contributed by atoms with Gasteiger partial charge in [-0.25, -0.2) is 4.98 Å². The highest BCUT2D eigenvalue weighted by Gasteiger charge is 2.16. The molecule has 0 aliphatic rings. The molecule has 2 heterocycles. The van der Waals surface area contributed by atoms with Gasteiger partial charge in [0.25, 0.3) is 0 Å². The first-order valence-corrected chi connectivity index (χ1v) is 5.81. The molecule has 0 saturated heterocycles. The maximum atomic E-state index is 11.2. The van der Waals surface area contributed by atoms with E-state index in [2.05, 4.69) is 25.9 Å². The van der Waals surface area contributed by atoms with Crippen LogP contribution in [-0.2, 0) is 0 Å². The Hall–Kier alpha value is -0.760. The minimum Gasteiger partial charge on any atom is -0.504 e. The maximum absolute atomic E-state index is 11.2. The van der Waals surface area contributed by atoms with Crippen molar-refractivity contribution >= 4 is 53.2 Å². The molecule has 0 bridgehead atoms. The quantitative estimate of drug-likeness (QED) is 0.470. The summed E-state index contributed by atoms with van der Waals surface area (Å²) in [5.74, 6) is -0.173. The van der Waals surface area contributed by atoms with Crippen LogP contribution in [0.15, 0.2) is 22.9 Å². The highest BCUT2D eigenvalue weighted by Crippen LogP contribution is 2.31. The lowest BCUT2D eigenvalue weighted by Crippen LogP contribution is -1.97. The zero-order valence-corrected chi connectivity index (χ0v) is 11.0. The van der Waals surface area contributed by atoms with E-state index in [9.17, 15) is 9.90 Å². The van der Waals surface area contributed by atoms with Gasteiger partial charge in [0.1, 0.15) is 10.1 Å². The molecule has 76 valence electrons. The van der Waals surface area contributed by atoms with E-state index in [0.717, 1.165) is 0 Å². The number of rotatable bonds is 1. The molecule has 6 heteroatoms. The van der Waals surface area contributed by atoms with Gasteiger partial charge in [-0.3, -0.25) is 9.78 Å². The molecule has 0 saturated carbocycles. The van der Waals surface area contributed by atoms with Crippen LogP contribution in [-0.4, -0.2) is 18.9 Å². The van der Waals surface area contributed by atoms with Crippen molar-refractivity contribution in [1.82, 2.24) is 9.97 Å². The van der Waals surface area contributed by atoms with Crippen molar-refractivity contribution in [2.45, 2.75) is 0 Å². The molecular weight excluding hydrogens is 375 g/mol. The van der Waals surface area contributed by atoms with Gasteiger partial charge in [0.15, 0.2) is 11.4 Å². The van der Waals surface area contributed by atoms with E-state index in [1.165, 1.54) is 0 Å². The molecule has 15 heavy (non-hydrogen) atoms. The SMILES string of the molecule is O=C(I)c1nc(Br)c2cccnc2c1O. The van der Waals surface area contributed by atoms with Crippen LogP contribution in [0.1, 0.15) is 10.5 Å². The van der Waals surface area contributed by atoms with Crippen LogP contribution in [0.2, 0.25) is 0 Å². The molecule has 4 nitrogen and oxygen atoms in total. The summed E-state index contributed by atoms with van der Waals surface area (Å²) in [6.07, 6.45) is 1.55. The molecule has 0 atom stereocenters. The Labute approximate surface area is 107 Å². The molecule has 0 aliphatic heterocycles. The molecule has 0 radical (unpaired) electrons. The Morgan fingerprint density at radius 2 is 2.27 bits per heavy atom. The molecule has 0 fully saturated rings. The number of halogens is 2. The third-order valence-electron chi connectivity index (χ3n) is 1.87. The van der Waals surface area contributed by atoms with Crippen LogP contribution >= 0.6 is 38.5 Å². The monoisotopic (exact) mass is 378 g/mol. The van der Waals surface area contributed by atoms with Crippen molar-refractivity contribution in [2.75, 3.05) is 0 Å². The number of nitrogens with zero attached hydrogens (tertiary/aromatic N) is 2. The van der Waals surface area contributed by atoms with E-state index in [1.807, 2.05) is 0 Å². The van der Waals surface area contributed by atoms with E-state index in [-0.39, 0.29) is 15.2 Å². The molecular formula is C9H4BrIN2O2. The number of carbonyl (C=O) groups excluding carboxylic acids is 1. The largest absolute Gasteiger partial charge is 0.504 e. The van der Waals surface area contributed by atoms with E-state index >= 15 is 0 Å². The van der Waals surface area contributed by atoms with Crippen molar-refractivity contribution in [2.24, 2.45) is 0 Å². The van der Waals surface area contributed by atoms with Crippen molar-refractivity contribution < 1.29 is 9.90 Å². The highest BCUT2D eigenvalue weighted by atomic mass is 127. The minimum absolute atomic E-state index is 0.0219. The van der Waals surface area contributed by atoms with Crippen molar-refractivity contribution in [1.29, 1.82) is 0 Å². The predicted octanol–water partition coefficient (Wildman–Crippen LogP) is 2.67. The summed E-state index contributed by atoms with van der Waals surface area (Å²) in [4.78, 5) is 19.2. The van der Waals surface area contributed by atoms with E-state index in [4.69, 9.17) is 0 Å². The van der Waals surface area contributed by atoms with Gasteiger partial charge >= 0.3 is 0 Å². The van der Waals surface area contributed by atoms with Gasteiger partial charge < -0.3 is 5.11 Å². The number of aromatic nitrogens is 2. The lowest BCUT2D eigenvalue weighted by atomic mass is 10.2. The van der Waals surface area contributed by atoms with Gasteiger partial charge in [-0.05, 0) is 28.1 Å². The molecule has 2 aromatic rings. The fourth-order valence-corrected chi connectivity index (χ4v) is 2.09. The lowest BCUT2D eigenvalue weighted by Gasteiger charge is -2.04. The number of hydrogen-bond donors (Lipinski definition) is 1. The first-order chi connectivity index (χ1) is 7.11. The molecule has 0 aromatic carbocycles. The molecule has 2 rings (SSSR count). The predicted molar refractivity (Wildman–Crippen MR) is 67.3 cm³/mol. The fraction of sp³-hybridized carbons (Fsp3) is 0. The Kier molecular flexibility index (Phi) is 2.87. The van der Waals surface area contributed by atoms with Crippen LogP contribution in [0.3, 0.4) is 0 Å². The molecule has 0 amide bonds. The number of carbonyl (C=O) groups is 1. The number of hydrogen-bond acceptors (Lipinski definition) is 4. The van der Waals surface area contributed by atoms with Gasteiger partial charge in [0, 0.05) is 34.2 Å². The molecule has 2 aromatic heterocycles. The Balaban J connectivity index is 2.90. The zero-order chi connectivity index (χ0) is 11.0. The second-order valence-electron chi connectivity index (χ2n) is 2.77. The van der Waals surface area contributed by atoms with E-state index < -0.39 is 0 Å². The highest BCUT2D eigenvalue weighted by molar-refractivity contribution is 14.1. The smallest absolute Gasteiger partial charge is 0.244 e. The molecule has 0 unspecified atom stereocenters. The van der Waals surface area contributed by atoms with Crippen LogP contribution in [0.5, 0.6) is 5.75 Å². The maximum Gasteiger partial charge on any atom is 0.244 e. The first-order valence-electron chi connectivity index (χ1n) is 3.94. The van der Waals surface area contributed by atoms with E-state index in [1.54, 1.807) is 40.9 Å². The van der Waals surface area contributed by atoms with Gasteiger partial charge in [0.2, 0.25) is 3.79 Å². The van der Waals surface area contributed by atoms with Gasteiger partial charge in [-0.2, -0.15) is 0 Å². The summed E-state index contributed by atoms with van der Waals surface area (Å²) in [6, 6.07) is 3.50. The summed E-state index contributed by atoms with van der Waals surface area (Å²) in [7, 11) is 0. The van der Waals surface area contributed by atoms with Gasteiger partial charge in [-0.1, -0.05) is 0 Å². The topological polar surface area (TPSA) is 63.1 Å². The minimum atomic E-state index is -0.321. The normalized spacial score (nSPS) is 10.5. The second kappa shape index (κ2) is 4.01. The van der Waals surface area contributed by atoms with Crippen molar-refractivity contribution in [3.63, 3.8) is 0 Å². The Morgan fingerprint density at radius 3 is 2.93 bits per heavy atom. The number of fused-ring (bicyclic) bond motifs is 1. The average molecular weight is 379 g/mol. The van der Waals surface area contributed by atoms with Gasteiger partial charge in [0.05, 0.1) is 0 Å². The third-order valence-corrected chi connectivity index (χ3v) is 2.99. The molecule has 0 spiro atoms. The summed E-state index contributed by atoms with van der Waals surface area (Å²) >= 11 is 4.81. The van der Waals surface area contributed by atoms with Crippen LogP contribution in [0.4, 0.5) is 0 Å². The molecule has 0 aliphatic carbocycles.